The Balaban J connectivity index is 1.82. The average Bonchev–Trinajstić information content (AvgIpc) is 2.98. The number of nitro benzene ring substituents is 1. The van der Waals surface area contributed by atoms with Gasteiger partial charge in [0.2, 0.25) is 0 Å². The zero-order chi connectivity index (χ0) is 15.2. The number of carbonyl (C=O) groups is 1. The van der Waals surface area contributed by atoms with E-state index >= 15 is 0 Å². The van der Waals surface area contributed by atoms with E-state index in [0.717, 1.165) is 19.4 Å². The summed E-state index contributed by atoms with van der Waals surface area (Å²) in [4.78, 5) is 21.9. The number of nitro groups is 1. The fourth-order valence-corrected chi connectivity index (χ4v) is 2.14. The average molecular weight is 309 g/mol. The van der Waals surface area contributed by atoms with Gasteiger partial charge >= 0.3 is 0 Å². The van der Waals surface area contributed by atoms with Gasteiger partial charge in [-0.25, -0.2) is 0 Å². The largest absolute Gasteiger partial charge is 0.376 e. The number of ether oxygens (including phenoxy) is 1. The van der Waals surface area contributed by atoms with Crippen molar-refractivity contribution >= 4 is 28.9 Å². The number of hydrogen-bond donors (Lipinski definition) is 2. The lowest BCUT2D eigenvalue weighted by Gasteiger charge is -2.13. The van der Waals surface area contributed by atoms with Crippen LogP contribution in [-0.2, 0) is 4.74 Å². The highest BCUT2D eigenvalue weighted by molar-refractivity contribution is 7.80. The monoisotopic (exact) mass is 309 g/mol. The minimum absolute atomic E-state index is 0.0642. The molecule has 2 N–H and O–H groups in total. The van der Waals surface area contributed by atoms with Crippen molar-refractivity contribution < 1.29 is 14.5 Å². The summed E-state index contributed by atoms with van der Waals surface area (Å²) in [7, 11) is 0. The number of carbonyl (C=O) groups excluding carboxylic acids is 1. The summed E-state index contributed by atoms with van der Waals surface area (Å²) in [6, 6.07) is 5.32. The molecule has 1 amide bonds. The third-order valence-electron chi connectivity index (χ3n) is 3.08. The third kappa shape index (κ3) is 4.47. The third-order valence-corrected chi connectivity index (χ3v) is 3.33. The standard InChI is InChI=1S/C13H15N3O4S/c17-12(9-3-5-10(6-4-9)16(18)19)15-13(21)14-8-11-2-1-7-20-11/h3-6,11H,1-2,7-8H2,(H2,14,15,17,21)/t11-/m1/s1. The van der Waals surface area contributed by atoms with Crippen LogP contribution in [-0.4, -0.2) is 35.2 Å². The van der Waals surface area contributed by atoms with Crippen LogP contribution in [0.4, 0.5) is 5.69 Å². The molecule has 0 spiro atoms. The molecule has 112 valence electrons. The van der Waals surface area contributed by atoms with Crippen molar-refractivity contribution in [1.82, 2.24) is 10.6 Å². The fourth-order valence-electron chi connectivity index (χ4n) is 1.97. The molecule has 0 unspecified atom stereocenters. The van der Waals surface area contributed by atoms with Crippen LogP contribution >= 0.6 is 12.2 Å². The van der Waals surface area contributed by atoms with Gasteiger partial charge in [-0.05, 0) is 37.2 Å². The van der Waals surface area contributed by atoms with Gasteiger partial charge in [0.15, 0.2) is 5.11 Å². The Bertz CT molecular complexity index is 541. The number of non-ortho nitro benzene ring substituents is 1. The highest BCUT2D eigenvalue weighted by atomic mass is 32.1. The summed E-state index contributed by atoms with van der Waals surface area (Å²) < 4.78 is 5.43. The van der Waals surface area contributed by atoms with Crippen LogP contribution in [0.25, 0.3) is 0 Å². The molecule has 1 heterocycles. The molecular formula is C13H15N3O4S. The van der Waals surface area contributed by atoms with Gasteiger partial charge in [0.1, 0.15) is 0 Å². The smallest absolute Gasteiger partial charge is 0.269 e. The first-order chi connectivity index (χ1) is 10.1. The van der Waals surface area contributed by atoms with Crippen LogP contribution in [0, 0.1) is 10.1 Å². The van der Waals surface area contributed by atoms with Crippen molar-refractivity contribution in [2.75, 3.05) is 13.2 Å². The normalized spacial score (nSPS) is 17.2. The van der Waals surface area contributed by atoms with Crippen molar-refractivity contribution in [2.24, 2.45) is 0 Å². The number of hydrogen-bond acceptors (Lipinski definition) is 5. The molecule has 1 atom stereocenters. The molecule has 0 aromatic heterocycles. The van der Waals surface area contributed by atoms with Crippen LogP contribution in [0.1, 0.15) is 23.2 Å². The number of thiocarbonyl (C=S) groups is 1. The molecule has 1 aliphatic heterocycles. The molecule has 8 heteroatoms. The number of rotatable bonds is 4. The van der Waals surface area contributed by atoms with E-state index in [1.54, 1.807) is 0 Å². The second kappa shape index (κ2) is 7.09. The Labute approximate surface area is 126 Å². The molecule has 1 aromatic carbocycles. The van der Waals surface area contributed by atoms with Crippen LogP contribution in [0.2, 0.25) is 0 Å². The molecule has 1 saturated heterocycles. The summed E-state index contributed by atoms with van der Waals surface area (Å²) in [6.45, 7) is 1.31. The zero-order valence-corrected chi connectivity index (χ0v) is 12.0. The summed E-state index contributed by atoms with van der Waals surface area (Å²) in [5.41, 5.74) is 0.243. The molecule has 2 rings (SSSR count). The zero-order valence-electron chi connectivity index (χ0n) is 11.2. The highest BCUT2D eigenvalue weighted by Gasteiger charge is 2.16. The number of amides is 1. The predicted octanol–water partition coefficient (Wildman–Crippen LogP) is 1.38. The van der Waals surface area contributed by atoms with Crippen molar-refractivity contribution in [1.29, 1.82) is 0 Å². The van der Waals surface area contributed by atoms with E-state index in [-0.39, 0.29) is 16.9 Å². The first-order valence-electron chi connectivity index (χ1n) is 6.51. The van der Waals surface area contributed by atoms with Gasteiger partial charge in [0.05, 0.1) is 11.0 Å². The van der Waals surface area contributed by atoms with Crippen molar-refractivity contribution in [3.63, 3.8) is 0 Å². The summed E-state index contributed by atoms with van der Waals surface area (Å²) in [5, 5.41) is 16.2. The van der Waals surface area contributed by atoms with E-state index in [9.17, 15) is 14.9 Å². The first-order valence-corrected chi connectivity index (χ1v) is 6.92. The van der Waals surface area contributed by atoms with Gasteiger partial charge < -0.3 is 10.1 Å². The number of nitrogens with one attached hydrogen (secondary N) is 2. The second-order valence-corrected chi connectivity index (χ2v) is 5.01. The van der Waals surface area contributed by atoms with Crippen molar-refractivity contribution in [3.05, 3.63) is 39.9 Å². The molecule has 7 nitrogen and oxygen atoms in total. The Hall–Kier alpha value is -2.06. The summed E-state index contributed by atoms with van der Waals surface area (Å²) in [6.07, 6.45) is 2.14. The predicted molar refractivity (Wildman–Crippen MR) is 80.1 cm³/mol. The van der Waals surface area contributed by atoms with E-state index in [2.05, 4.69) is 10.6 Å². The molecule has 0 aliphatic carbocycles. The van der Waals surface area contributed by atoms with E-state index in [1.807, 2.05) is 0 Å². The van der Waals surface area contributed by atoms with Gasteiger partial charge in [-0.15, -0.1) is 0 Å². The molecule has 1 fully saturated rings. The maximum atomic E-state index is 11.9. The van der Waals surface area contributed by atoms with E-state index < -0.39 is 10.8 Å². The first kappa shape index (κ1) is 15.3. The molecule has 0 radical (unpaired) electrons. The van der Waals surface area contributed by atoms with Gasteiger partial charge in [-0.3, -0.25) is 20.2 Å². The second-order valence-electron chi connectivity index (χ2n) is 4.60. The van der Waals surface area contributed by atoms with E-state index in [4.69, 9.17) is 17.0 Å². The molecule has 1 aliphatic rings. The summed E-state index contributed by atoms with van der Waals surface area (Å²) in [5.74, 6) is -0.408. The number of benzene rings is 1. The van der Waals surface area contributed by atoms with Gasteiger partial charge in [0, 0.05) is 30.8 Å². The SMILES string of the molecule is O=C(NC(=S)NC[C@H]1CCCO1)c1ccc([N+](=O)[O-])cc1. The van der Waals surface area contributed by atoms with Crippen LogP contribution in [0.15, 0.2) is 24.3 Å². The lowest BCUT2D eigenvalue weighted by atomic mass is 10.2. The fraction of sp³-hybridized carbons (Fsp3) is 0.385. The van der Waals surface area contributed by atoms with Crippen molar-refractivity contribution in [3.8, 4) is 0 Å². The minimum Gasteiger partial charge on any atom is -0.376 e. The quantitative estimate of drug-likeness (QED) is 0.496. The van der Waals surface area contributed by atoms with Crippen LogP contribution < -0.4 is 10.6 Å². The van der Waals surface area contributed by atoms with Crippen LogP contribution in [0.3, 0.4) is 0 Å². The van der Waals surface area contributed by atoms with E-state index in [1.165, 1.54) is 24.3 Å². The maximum absolute atomic E-state index is 11.9. The maximum Gasteiger partial charge on any atom is 0.269 e. The summed E-state index contributed by atoms with van der Waals surface area (Å²) >= 11 is 5.03. The van der Waals surface area contributed by atoms with Gasteiger partial charge in [-0.2, -0.15) is 0 Å². The molecular weight excluding hydrogens is 294 g/mol. The van der Waals surface area contributed by atoms with Crippen LogP contribution in [0.5, 0.6) is 0 Å². The molecule has 21 heavy (non-hydrogen) atoms. The Morgan fingerprint density at radius 3 is 2.71 bits per heavy atom. The minimum atomic E-state index is -0.518. The molecule has 0 saturated carbocycles. The Kier molecular flexibility index (Phi) is 5.18. The van der Waals surface area contributed by atoms with Gasteiger partial charge in [-0.1, -0.05) is 0 Å². The Morgan fingerprint density at radius 1 is 1.43 bits per heavy atom. The molecule has 0 bridgehead atoms. The van der Waals surface area contributed by atoms with E-state index in [0.29, 0.717) is 12.1 Å². The lowest BCUT2D eigenvalue weighted by molar-refractivity contribution is -0.384. The van der Waals surface area contributed by atoms with Gasteiger partial charge in [0.25, 0.3) is 11.6 Å². The van der Waals surface area contributed by atoms with Crippen molar-refractivity contribution in [2.45, 2.75) is 18.9 Å². The Morgan fingerprint density at radius 2 is 2.14 bits per heavy atom. The molecule has 1 aromatic rings. The topological polar surface area (TPSA) is 93.5 Å². The lowest BCUT2D eigenvalue weighted by Crippen LogP contribution is -2.42. The highest BCUT2D eigenvalue weighted by Crippen LogP contribution is 2.12. The number of nitrogens with zero attached hydrogens (tertiary/aromatic N) is 1.